The summed E-state index contributed by atoms with van der Waals surface area (Å²) < 4.78 is 0.774. The zero-order valence-corrected chi connectivity index (χ0v) is 14.6. The molecule has 0 unspecified atom stereocenters. The third-order valence-corrected chi connectivity index (χ3v) is 4.28. The second-order valence-corrected chi connectivity index (χ2v) is 7.06. The molecule has 1 amide bonds. The van der Waals surface area contributed by atoms with Crippen LogP contribution in [0.15, 0.2) is 46.9 Å². The molecular weight excluding hydrogens is 342 g/mol. The Morgan fingerprint density at radius 3 is 2.32 bits per heavy atom. The minimum atomic E-state index is -0.187. The number of carbonyl (C=O) groups excluding carboxylic acids is 1. The fraction of sp³-hybridized carbons (Fsp3) is 0.278. The van der Waals surface area contributed by atoms with Crippen LogP contribution in [-0.2, 0) is 12.0 Å². The van der Waals surface area contributed by atoms with Gasteiger partial charge in [0.2, 0.25) is 0 Å². The van der Waals surface area contributed by atoms with Crippen molar-refractivity contribution in [2.75, 3.05) is 5.32 Å². The number of amides is 1. The molecule has 2 aromatic rings. The largest absolute Gasteiger partial charge is 0.392 e. The van der Waals surface area contributed by atoms with E-state index in [4.69, 9.17) is 0 Å². The van der Waals surface area contributed by atoms with Gasteiger partial charge in [0.1, 0.15) is 0 Å². The van der Waals surface area contributed by atoms with Gasteiger partial charge in [-0.05, 0) is 35.2 Å². The fourth-order valence-electron chi connectivity index (χ4n) is 2.15. The van der Waals surface area contributed by atoms with E-state index < -0.39 is 0 Å². The minimum absolute atomic E-state index is 0.0589. The van der Waals surface area contributed by atoms with E-state index in [1.165, 1.54) is 5.56 Å². The van der Waals surface area contributed by atoms with Gasteiger partial charge in [0.15, 0.2) is 0 Å². The quantitative estimate of drug-likeness (QED) is 0.845. The Hall–Kier alpha value is -1.65. The van der Waals surface area contributed by atoms with Crippen molar-refractivity contribution in [2.24, 2.45) is 0 Å². The molecule has 0 bridgehead atoms. The summed E-state index contributed by atoms with van der Waals surface area (Å²) in [7, 11) is 0. The standard InChI is InChI=1S/C18H20BrNO2/c1-18(2,3)13-9-7-12(8-10-13)17(22)20-16-6-4-5-15(19)14(16)11-21/h4-10,21H,11H2,1-3H3,(H,20,22). The second-order valence-electron chi connectivity index (χ2n) is 6.21. The monoisotopic (exact) mass is 361 g/mol. The molecule has 0 saturated carbocycles. The number of hydrogen-bond acceptors (Lipinski definition) is 2. The molecule has 0 heterocycles. The Balaban J connectivity index is 2.21. The molecule has 4 heteroatoms. The molecule has 2 aromatic carbocycles. The SMILES string of the molecule is CC(C)(C)c1ccc(C(=O)Nc2cccc(Br)c2CO)cc1. The summed E-state index contributed by atoms with van der Waals surface area (Å²) in [5.74, 6) is -0.187. The highest BCUT2D eigenvalue weighted by molar-refractivity contribution is 9.10. The Kier molecular flexibility index (Phi) is 5.04. The molecule has 0 fully saturated rings. The summed E-state index contributed by atoms with van der Waals surface area (Å²) in [5.41, 5.74) is 3.12. The van der Waals surface area contributed by atoms with Gasteiger partial charge < -0.3 is 10.4 Å². The van der Waals surface area contributed by atoms with E-state index in [1.807, 2.05) is 36.4 Å². The van der Waals surface area contributed by atoms with Crippen LogP contribution in [0.3, 0.4) is 0 Å². The molecule has 3 nitrogen and oxygen atoms in total. The molecular formula is C18H20BrNO2. The lowest BCUT2D eigenvalue weighted by Crippen LogP contribution is -2.15. The highest BCUT2D eigenvalue weighted by Gasteiger charge is 2.15. The van der Waals surface area contributed by atoms with Gasteiger partial charge >= 0.3 is 0 Å². The lowest BCUT2D eigenvalue weighted by molar-refractivity contribution is 0.102. The number of nitrogens with one attached hydrogen (secondary N) is 1. The first kappa shape index (κ1) is 16.7. The highest BCUT2D eigenvalue weighted by Crippen LogP contribution is 2.26. The van der Waals surface area contributed by atoms with Gasteiger partial charge in [-0.15, -0.1) is 0 Å². The molecule has 0 aliphatic rings. The number of aliphatic hydroxyl groups is 1. The molecule has 2 rings (SSSR count). The summed E-state index contributed by atoms with van der Waals surface area (Å²) in [6.45, 7) is 6.27. The van der Waals surface area contributed by atoms with E-state index in [2.05, 4.69) is 42.0 Å². The number of halogens is 1. The predicted molar refractivity (Wildman–Crippen MR) is 93.2 cm³/mol. The van der Waals surface area contributed by atoms with Crippen LogP contribution in [0.4, 0.5) is 5.69 Å². The number of benzene rings is 2. The molecule has 0 radical (unpaired) electrons. The first-order valence-electron chi connectivity index (χ1n) is 7.13. The average molecular weight is 362 g/mol. The zero-order valence-electron chi connectivity index (χ0n) is 13.0. The van der Waals surface area contributed by atoms with Crippen molar-refractivity contribution in [2.45, 2.75) is 32.8 Å². The Bertz CT molecular complexity index is 672. The summed E-state index contributed by atoms with van der Waals surface area (Å²) in [6, 6.07) is 13.0. The van der Waals surface area contributed by atoms with Crippen molar-refractivity contribution < 1.29 is 9.90 Å². The Morgan fingerprint density at radius 2 is 1.77 bits per heavy atom. The molecule has 2 N–H and O–H groups in total. The number of carbonyl (C=O) groups is 1. The van der Waals surface area contributed by atoms with E-state index in [0.29, 0.717) is 16.8 Å². The van der Waals surface area contributed by atoms with E-state index in [9.17, 15) is 9.90 Å². The molecule has 0 spiro atoms. The van der Waals surface area contributed by atoms with Gasteiger partial charge in [-0.1, -0.05) is 54.9 Å². The topological polar surface area (TPSA) is 49.3 Å². The minimum Gasteiger partial charge on any atom is -0.392 e. The van der Waals surface area contributed by atoms with Crippen LogP contribution in [0.25, 0.3) is 0 Å². The van der Waals surface area contributed by atoms with Crippen molar-refractivity contribution >= 4 is 27.5 Å². The Morgan fingerprint density at radius 1 is 1.14 bits per heavy atom. The third kappa shape index (κ3) is 3.76. The van der Waals surface area contributed by atoms with Crippen molar-refractivity contribution in [1.82, 2.24) is 0 Å². The van der Waals surface area contributed by atoms with Gasteiger partial charge in [0.05, 0.1) is 6.61 Å². The van der Waals surface area contributed by atoms with Crippen molar-refractivity contribution in [1.29, 1.82) is 0 Å². The zero-order chi connectivity index (χ0) is 16.3. The average Bonchev–Trinajstić information content (AvgIpc) is 2.47. The molecule has 0 aliphatic heterocycles. The van der Waals surface area contributed by atoms with Crippen LogP contribution in [0, 0.1) is 0 Å². The first-order valence-corrected chi connectivity index (χ1v) is 7.92. The summed E-state index contributed by atoms with van der Waals surface area (Å²) in [4.78, 5) is 12.3. The van der Waals surface area contributed by atoms with E-state index >= 15 is 0 Å². The van der Waals surface area contributed by atoms with Gasteiger partial charge in [0.25, 0.3) is 5.91 Å². The molecule has 0 aromatic heterocycles. The molecule has 0 atom stereocenters. The number of rotatable bonds is 3. The van der Waals surface area contributed by atoms with Crippen molar-refractivity contribution in [3.8, 4) is 0 Å². The lowest BCUT2D eigenvalue weighted by Gasteiger charge is -2.19. The molecule has 0 aliphatic carbocycles. The number of aliphatic hydroxyl groups excluding tert-OH is 1. The van der Waals surface area contributed by atoms with Crippen LogP contribution in [0.1, 0.15) is 42.3 Å². The maximum Gasteiger partial charge on any atom is 0.255 e. The molecule has 116 valence electrons. The van der Waals surface area contributed by atoms with Crippen LogP contribution < -0.4 is 5.32 Å². The lowest BCUT2D eigenvalue weighted by atomic mass is 9.87. The Labute approximate surface area is 139 Å². The normalized spacial score (nSPS) is 11.3. The third-order valence-electron chi connectivity index (χ3n) is 3.54. The van der Waals surface area contributed by atoms with E-state index in [-0.39, 0.29) is 17.9 Å². The van der Waals surface area contributed by atoms with E-state index in [1.54, 1.807) is 6.07 Å². The number of anilines is 1. The second kappa shape index (κ2) is 6.63. The first-order chi connectivity index (χ1) is 10.3. The summed E-state index contributed by atoms with van der Waals surface area (Å²) in [6.07, 6.45) is 0. The molecule has 22 heavy (non-hydrogen) atoms. The maximum absolute atomic E-state index is 12.3. The summed E-state index contributed by atoms with van der Waals surface area (Å²) >= 11 is 3.37. The van der Waals surface area contributed by atoms with Gasteiger partial charge in [0, 0.05) is 21.3 Å². The maximum atomic E-state index is 12.3. The van der Waals surface area contributed by atoms with Crippen LogP contribution in [0.5, 0.6) is 0 Å². The van der Waals surface area contributed by atoms with Crippen LogP contribution >= 0.6 is 15.9 Å². The number of hydrogen-bond donors (Lipinski definition) is 2. The fourth-order valence-corrected chi connectivity index (χ4v) is 2.64. The summed E-state index contributed by atoms with van der Waals surface area (Å²) in [5, 5.41) is 12.3. The van der Waals surface area contributed by atoms with Gasteiger partial charge in [-0.2, -0.15) is 0 Å². The highest BCUT2D eigenvalue weighted by atomic mass is 79.9. The van der Waals surface area contributed by atoms with Crippen molar-refractivity contribution in [3.05, 3.63) is 63.6 Å². The smallest absolute Gasteiger partial charge is 0.255 e. The van der Waals surface area contributed by atoms with Gasteiger partial charge in [-0.25, -0.2) is 0 Å². The van der Waals surface area contributed by atoms with Crippen LogP contribution in [0.2, 0.25) is 0 Å². The van der Waals surface area contributed by atoms with E-state index in [0.717, 1.165) is 4.47 Å². The predicted octanol–water partition coefficient (Wildman–Crippen LogP) is 4.49. The molecule has 0 saturated heterocycles. The van der Waals surface area contributed by atoms with Gasteiger partial charge in [-0.3, -0.25) is 4.79 Å². The van der Waals surface area contributed by atoms with Crippen molar-refractivity contribution in [3.63, 3.8) is 0 Å². The van der Waals surface area contributed by atoms with Crippen LogP contribution in [-0.4, -0.2) is 11.0 Å².